The first-order chi connectivity index (χ1) is 0. The molecule has 0 amide bonds. The number of hydrogen-bond donors (Lipinski definition) is 0. The van der Waals surface area contributed by atoms with Crippen LogP contribution < -0.4 is 0 Å². The molecule has 0 aromatic heterocycles. The van der Waals surface area contributed by atoms with E-state index in [1.807, 2.05) is 0 Å². The Morgan fingerprint density at radius 3 is 0.750 bits per heavy atom. The van der Waals surface area contributed by atoms with Crippen LogP contribution in [0.4, 0.5) is 0 Å². The fraction of sp³-hybridized carbons (Fsp3) is 0. The molecule has 4 heavy (non-hydrogen) atoms. The van der Waals surface area contributed by atoms with Crippen molar-refractivity contribution >= 4 is 0 Å². The van der Waals surface area contributed by atoms with Crippen molar-refractivity contribution in [3.8, 4) is 0 Å². The fourth-order valence-corrected chi connectivity index (χ4v) is 0. The summed E-state index contributed by atoms with van der Waals surface area (Å²) < 4.78 is 0. The van der Waals surface area contributed by atoms with Crippen molar-refractivity contribution in [3.63, 3.8) is 0 Å². The quantitative estimate of drug-likeness (QED) is 0.451. The van der Waals surface area contributed by atoms with E-state index in [-0.39, 0.29) is 69.2 Å². The van der Waals surface area contributed by atoms with Gasteiger partial charge in [0.05, 0.1) is 0 Å². The van der Waals surface area contributed by atoms with Crippen molar-refractivity contribution in [1.29, 1.82) is 0 Å². The summed E-state index contributed by atoms with van der Waals surface area (Å²) in [5.41, 5.74) is 0. The third-order valence-electron chi connectivity index (χ3n) is 0. The smallest absolute Gasteiger partial charge is 0 e. The molecule has 0 radical (unpaired) electrons. The molecule has 0 fully saturated rings. The second-order valence-corrected chi connectivity index (χ2v) is 0. The van der Waals surface area contributed by atoms with Crippen LogP contribution >= 0.6 is 0 Å². The monoisotopic (exact) mass is 234 g/mol. The molecule has 0 aliphatic rings. The minimum absolute atomic E-state index is 0. The van der Waals surface area contributed by atoms with Gasteiger partial charge in [0, 0.05) is 58.2 Å². The van der Waals surface area contributed by atoms with Gasteiger partial charge in [-0.3, -0.25) is 0 Å². The summed E-state index contributed by atoms with van der Waals surface area (Å²) in [5.74, 6) is 0. The summed E-state index contributed by atoms with van der Waals surface area (Å²) in [6, 6.07) is 0. The van der Waals surface area contributed by atoms with Gasteiger partial charge in [-0.05, 0) is 0 Å². The number of hydrogen-bond acceptors (Lipinski definition) is 0. The van der Waals surface area contributed by atoms with Crippen LogP contribution in [0.1, 0.15) is 0 Å². The van der Waals surface area contributed by atoms with E-state index in [0.29, 0.717) is 0 Å². The summed E-state index contributed by atoms with van der Waals surface area (Å²) >= 11 is 0. The molecule has 0 unspecified atom stereocenters. The van der Waals surface area contributed by atoms with Gasteiger partial charge in [0.15, 0.2) is 0 Å². The molecule has 0 spiro atoms. The third-order valence-corrected chi connectivity index (χ3v) is 0. The molecule has 0 heterocycles. The van der Waals surface area contributed by atoms with Crippen LogP contribution in [0.5, 0.6) is 0 Å². The Hall–Kier alpha value is 1.79. The van der Waals surface area contributed by atoms with Gasteiger partial charge in [-0.15, -0.1) is 0 Å². The van der Waals surface area contributed by atoms with Crippen LogP contribution in [0.15, 0.2) is 0 Å². The minimum Gasteiger partial charge on any atom is -0.412 e. The van der Waals surface area contributed by atoms with Crippen molar-refractivity contribution in [2.45, 2.75) is 0 Å². The predicted molar refractivity (Wildman–Crippen MR) is 7.23 cm³/mol. The molecule has 0 saturated carbocycles. The van der Waals surface area contributed by atoms with Crippen LogP contribution in [0, 0.1) is 41.7 Å². The number of rotatable bonds is 0. The van der Waals surface area contributed by atoms with E-state index in [4.69, 9.17) is 0 Å². The topological polar surface area (TPSA) is 63.0 Å². The normalized spacial score (nSPS) is 0. The van der Waals surface area contributed by atoms with Gasteiger partial charge in [0.25, 0.3) is 0 Å². The van der Waals surface area contributed by atoms with Gasteiger partial charge in [-0.25, -0.2) is 0 Å². The Labute approximate surface area is 68.3 Å². The molecule has 0 atom stereocenters. The first kappa shape index (κ1) is 41.5. The fourth-order valence-electron chi connectivity index (χ4n) is 0. The third kappa shape index (κ3) is 9.21. The van der Waals surface area contributed by atoms with Crippen LogP contribution in [-0.2, 0) is 16.5 Å². The van der Waals surface area contributed by atoms with E-state index in [0.717, 1.165) is 0 Å². The molecule has 0 bridgehead atoms. The molecular formula is H4CeNiO2. The van der Waals surface area contributed by atoms with Crippen LogP contribution in [0.2, 0.25) is 0 Å². The van der Waals surface area contributed by atoms with Crippen molar-refractivity contribution in [2.24, 2.45) is 0 Å². The molecule has 0 saturated heterocycles. The van der Waals surface area contributed by atoms with Crippen LogP contribution in [0.3, 0.4) is 0 Å². The van der Waals surface area contributed by atoms with Gasteiger partial charge < -0.3 is 11.0 Å². The van der Waals surface area contributed by atoms with Gasteiger partial charge in [0.1, 0.15) is 0 Å². The summed E-state index contributed by atoms with van der Waals surface area (Å²) in [6.07, 6.45) is 0. The Morgan fingerprint density at radius 2 is 0.750 bits per heavy atom. The zero-order valence-corrected chi connectivity index (χ0v) is 5.94. The zero-order chi connectivity index (χ0) is 0. The van der Waals surface area contributed by atoms with E-state index >= 15 is 0 Å². The van der Waals surface area contributed by atoms with Gasteiger partial charge in [-0.2, -0.15) is 0 Å². The maximum atomic E-state index is 0. The minimum atomic E-state index is 0. The second-order valence-electron chi connectivity index (χ2n) is 0. The van der Waals surface area contributed by atoms with Gasteiger partial charge in [0.2, 0.25) is 0 Å². The standard InChI is InChI=1S/Ce.Ni.2H2O/h;;2*1H2. The Balaban J connectivity index is 0. The molecular weight excluding hydrogens is 231 g/mol. The maximum absolute atomic E-state index is 0. The van der Waals surface area contributed by atoms with Gasteiger partial charge >= 0.3 is 0 Å². The zero-order valence-electron chi connectivity index (χ0n) is 1.82. The summed E-state index contributed by atoms with van der Waals surface area (Å²) in [7, 11) is 0. The van der Waals surface area contributed by atoms with E-state index in [1.54, 1.807) is 0 Å². The molecule has 4 heteroatoms. The van der Waals surface area contributed by atoms with E-state index in [9.17, 15) is 0 Å². The summed E-state index contributed by atoms with van der Waals surface area (Å²) in [4.78, 5) is 0. The van der Waals surface area contributed by atoms with E-state index < -0.39 is 0 Å². The summed E-state index contributed by atoms with van der Waals surface area (Å²) in [5, 5.41) is 0. The molecule has 2 nitrogen and oxygen atoms in total. The molecule has 30 valence electrons. The molecule has 0 aromatic rings. The maximum Gasteiger partial charge on any atom is 0 e. The Morgan fingerprint density at radius 1 is 0.750 bits per heavy atom. The average molecular weight is 235 g/mol. The van der Waals surface area contributed by atoms with Crippen LogP contribution in [-0.4, -0.2) is 11.0 Å². The molecule has 0 rings (SSSR count). The SMILES string of the molecule is O.O.[Ce].[Ni]. The van der Waals surface area contributed by atoms with E-state index in [1.165, 1.54) is 0 Å². The van der Waals surface area contributed by atoms with Crippen LogP contribution in [0.25, 0.3) is 0 Å². The Kier molecular flexibility index (Phi) is 223. The average Bonchev–Trinajstić information content (AvgIpc) is 0. The first-order valence-corrected chi connectivity index (χ1v) is 0. The first-order valence-electron chi connectivity index (χ1n) is 0. The molecule has 0 aromatic carbocycles. The predicted octanol–water partition coefficient (Wildman–Crippen LogP) is -1.65. The van der Waals surface area contributed by atoms with Gasteiger partial charge in [-0.1, -0.05) is 0 Å². The molecule has 4 N–H and O–H groups in total. The summed E-state index contributed by atoms with van der Waals surface area (Å²) in [6.45, 7) is 0. The molecule has 0 aliphatic heterocycles. The van der Waals surface area contributed by atoms with Crippen molar-refractivity contribution in [2.75, 3.05) is 0 Å². The van der Waals surface area contributed by atoms with Crippen molar-refractivity contribution in [3.05, 3.63) is 0 Å². The van der Waals surface area contributed by atoms with E-state index in [2.05, 4.69) is 0 Å². The Bertz CT molecular complexity index is 6.00. The second kappa shape index (κ2) is 21.5. The largest absolute Gasteiger partial charge is 0.412 e. The van der Waals surface area contributed by atoms with Crippen molar-refractivity contribution in [1.82, 2.24) is 0 Å². The molecule has 0 aliphatic carbocycles. The van der Waals surface area contributed by atoms with Crippen molar-refractivity contribution < 1.29 is 69.2 Å².